The van der Waals surface area contributed by atoms with Crippen molar-refractivity contribution in [1.82, 2.24) is 24.4 Å². The van der Waals surface area contributed by atoms with Crippen LogP contribution in [0.3, 0.4) is 0 Å². The van der Waals surface area contributed by atoms with E-state index in [4.69, 9.17) is 16.3 Å². The molecule has 8 nitrogen and oxygen atoms in total. The number of ether oxygens (including phenoxy) is 1. The molecule has 1 N–H and O–H groups in total. The summed E-state index contributed by atoms with van der Waals surface area (Å²) in [6.45, 7) is 6.54. The highest BCUT2D eigenvalue weighted by atomic mass is 35.5. The van der Waals surface area contributed by atoms with Crippen LogP contribution in [0.5, 0.6) is 5.88 Å². The maximum atomic E-state index is 12.1. The van der Waals surface area contributed by atoms with Gasteiger partial charge in [0, 0.05) is 37.6 Å². The zero-order chi connectivity index (χ0) is 21.3. The molecule has 160 valence electrons. The van der Waals surface area contributed by atoms with E-state index in [-0.39, 0.29) is 18.0 Å². The molecule has 0 aliphatic carbocycles. The molecule has 0 unspecified atom stereocenters. The molecule has 0 bridgehead atoms. The van der Waals surface area contributed by atoms with Crippen LogP contribution < -0.4 is 0 Å². The Bertz CT molecular complexity index is 1040. The molecule has 1 aliphatic rings. The van der Waals surface area contributed by atoms with E-state index < -0.39 is 0 Å². The fourth-order valence-electron chi connectivity index (χ4n) is 3.70. The van der Waals surface area contributed by atoms with Crippen LogP contribution >= 0.6 is 22.9 Å². The molecule has 1 aliphatic heterocycles. The Morgan fingerprint density at radius 2 is 2.07 bits per heavy atom. The summed E-state index contributed by atoms with van der Waals surface area (Å²) in [6.07, 6.45) is 0.418. The van der Waals surface area contributed by atoms with Crippen molar-refractivity contribution in [3.05, 3.63) is 45.6 Å². The number of aromatic hydroxyl groups is 1. The monoisotopic (exact) mass is 449 g/mol. The number of aromatic nitrogens is 3. The predicted molar refractivity (Wildman–Crippen MR) is 115 cm³/mol. The number of rotatable bonds is 5. The number of thiazole rings is 1. The van der Waals surface area contributed by atoms with Crippen molar-refractivity contribution in [3.8, 4) is 5.88 Å². The zero-order valence-corrected chi connectivity index (χ0v) is 18.5. The molecule has 1 atom stereocenters. The molecule has 1 amide bonds. The average molecular weight is 450 g/mol. The van der Waals surface area contributed by atoms with Crippen molar-refractivity contribution in [2.45, 2.75) is 26.3 Å². The van der Waals surface area contributed by atoms with Gasteiger partial charge < -0.3 is 14.7 Å². The van der Waals surface area contributed by atoms with Crippen LogP contribution in [0.25, 0.3) is 4.96 Å². The Hall–Kier alpha value is -2.36. The first-order chi connectivity index (χ1) is 14.5. The molecule has 2 aromatic heterocycles. The number of amides is 1. The lowest BCUT2D eigenvalue weighted by Gasteiger charge is -2.38. The van der Waals surface area contributed by atoms with Gasteiger partial charge in [-0.05, 0) is 24.6 Å². The summed E-state index contributed by atoms with van der Waals surface area (Å²) in [5.41, 5.74) is 0.975. The third-order valence-corrected chi connectivity index (χ3v) is 6.49. The number of halogens is 1. The molecule has 0 saturated carbocycles. The molecule has 1 saturated heterocycles. The van der Waals surface area contributed by atoms with Crippen LogP contribution in [0.15, 0.2) is 24.3 Å². The van der Waals surface area contributed by atoms with Crippen molar-refractivity contribution in [2.75, 3.05) is 32.8 Å². The summed E-state index contributed by atoms with van der Waals surface area (Å²) >= 11 is 7.70. The summed E-state index contributed by atoms with van der Waals surface area (Å²) in [6, 6.07) is 7.43. The maximum Gasteiger partial charge on any atom is 0.409 e. The number of benzene rings is 1. The van der Waals surface area contributed by atoms with E-state index in [1.807, 2.05) is 31.2 Å². The lowest BCUT2D eigenvalue weighted by molar-refractivity contribution is 0.0715. The van der Waals surface area contributed by atoms with Gasteiger partial charge in [-0.2, -0.15) is 4.52 Å². The number of fused-ring (bicyclic) bond motifs is 1. The Balaban J connectivity index is 1.67. The zero-order valence-electron chi connectivity index (χ0n) is 16.9. The largest absolute Gasteiger partial charge is 0.492 e. The number of aryl methyl sites for hydroxylation is 1. The van der Waals surface area contributed by atoms with Gasteiger partial charge in [0.15, 0.2) is 5.82 Å². The van der Waals surface area contributed by atoms with Gasteiger partial charge in [0.25, 0.3) is 0 Å². The number of hydrogen-bond acceptors (Lipinski definition) is 7. The summed E-state index contributed by atoms with van der Waals surface area (Å²) in [4.78, 5) is 22.0. The SMILES string of the molecule is CCOC(=O)N1CCN([C@H](c2cccc(Cl)c2)c2sc3nc(CC)nn3c2O)CC1. The number of nitrogens with zero attached hydrogens (tertiary/aromatic N) is 5. The third kappa shape index (κ3) is 3.97. The maximum absolute atomic E-state index is 12.1. The standard InChI is InChI=1S/C20H24ClN5O3S/c1-3-15-22-19-26(23-15)18(27)17(30-19)16(13-6-5-7-14(21)12-13)24-8-10-25(11-9-24)20(28)29-4-2/h5-7,12,16,27H,3-4,8-11H2,1-2H3/t16-/m1/s1. The second-order valence-electron chi connectivity index (χ2n) is 7.05. The first-order valence-electron chi connectivity index (χ1n) is 10.00. The lowest BCUT2D eigenvalue weighted by atomic mass is 10.0. The smallest absolute Gasteiger partial charge is 0.409 e. The van der Waals surface area contributed by atoms with Gasteiger partial charge in [0.1, 0.15) is 0 Å². The molecule has 4 rings (SSSR count). The van der Waals surface area contributed by atoms with Crippen molar-refractivity contribution < 1.29 is 14.6 Å². The molecule has 3 aromatic rings. The summed E-state index contributed by atoms with van der Waals surface area (Å²) in [5, 5.41) is 16.0. The second-order valence-corrected chi connectivity index (χ2v) is 8.49. The Morgan fingerprint density at radius 1 is 1.30 bits per heavy atom. The fraction of sp³-hybridized carbons (Fsp3) is 0.450. The van der Waals surface area contributed by atoms with Gasteiger partial charge in [-0.3, -0.25) is 4.90 Å². The van der Waals surface area contributed by atoms with Crippen LogP contribution in [-0.4, -0.2) is 68.4 Å². The highest BCUT2D eigenvalue weighted by Gasteiger charge is 2.33. The first kappa shape index (κ1) is 20.9. The van der Waals surface area contributed by atoms with Crippen molar-refractivity contribution >= 4 is 34.0 Å². The summed E-state index contributed by atoms with van der Waals surface area (Å²) in [5.74, 6) is 0.797. The van der Waals surface area contributed by atoms with Crippen LogP contribution in [0.2, 0.25) is 5.02 Å². The topological polar surface area (TPSA) is 83.2 Å². The number of piperazine rings is 1. The van der Waals surface area contributed by atoms with Crippen molar-refractivity contribution in [2.24, 2.45) is 0 Å². The van der Waals surface area contributed by atoms with E-state index in [1.54, 1.807) is 11.8 Å². The average Bonchev–Trinajstić information content (AvgIpc) is 3.28. The number of hydrogen-bond donors (Lipinski definition) is 1. The quantitative estimate of drug-likeness (QED) is 0.641. The highest BCUT2D eigenvalue weighted by molar-refractivity contribution is 7.17. The van der Waals surface area contributed by atoms with Gasteiger partial charge >= 0.3 is 6.09 Å². The highest BCUT2D eigenvalue weighted by Crippen LogP contribution is 2.40. The second kappa shape index (κ2) is 8.79. The van der Waals surface area contributed by atoms with E-state index >= 15 is 0 Å². The predicted octanol–water partition coefficient (Wildman–Crippen LogP) is 3.58. The minimum atomic E-state index is -0.287. The molecule has 0 spiro atoms. The molecule has 0 radical (unpaired) electrons. The van der Waals surface area contributed by atoms with E-state index in [0.717, 1.165) is 10.4 Å². The van der Waals surface area contributed by atoms with Crippen LogP contribution in [0.1, 0.15) is 36.2 Å². The third-order valence-electron chi connectivity index (χ3n) is 5.18. The normalized spacial score (nSPS) is 16.2. The molecule has 1 aromatic carbocycles. The van der Waals surface area contributed by atoms with Gasteiger partial charge in [-0.15, -0.1) is 5.10 Å². The molecule has 1 fully saturated rings. The fourth-order valence-corrected chi connectivity index (χ4v) is 5.04. The number of carbonyl (C=O) groups is 1. The Morgan fingerprint density at radius 3 is 2.70 bits per heavy atom. The Labute approximate surface area is 183 Å². The Kier molecular flexibility index (Phi) is 6.12. The molecule has 10 heteroatoms. The summed E-state index contributed by atoms with van der Waals surface area (Å²) in [7, 11) is 0. The molecule has 3 heterocycles. The van der Waals surface area contributed by atoms with E-state index in [0.29, 0.717) is 55.0 Å². The van der Waals surface area contributed by atoms with E-state index in [9.17, 15) is 9.90 Å². The van der Waals surface area contributed by atoms with Gasteiger partial charge in [-0.25, -0.2) is 9.78 Å². The lowest BCUT2D eigenvalue weighted by Crippen LogP contribution is -2.49. The van der Waals surface area contributed by atoms with Crippen LogP contribution in [0.4, 0.5) is 4.79 Å². The van der Waals surface area contributed by atoms with Crippen LogP contribution in [-0.2, 0) is 11.2 Å². The first-order valence-corrected chi connectivity index (χ1v) is 11.2. The summed E-state index contributed by atoms with van der Waals surface area (Å²) < 4.78 is 6.63. The van der Waals surface area contributed by atoms with Crippen molar-refractivity contribution in [3.63, 3.8) is 0 Å². The van der Waals surface area contributed by atoms with Gasteiger partial charge in [0.05, 0.1) is 17.5 Å². The van der Waals surface area contributed by atoms with E-state index in [2.05, 4.69) is 15.0 Å². The minimum absolute atomic E-state index is 0.0972. The molecular weight excluding hydrogens is 426 g/mol. The van der Waals surface area contributed by atoms with Gasteiger partial charge in [0.2, 0.25) is 10.8 Å². The van der Waals surface area contributed by atoms with Crippen LogP contribution in [0, 0.1) is 0 Å². The van der Waals surface area contributed by atoms with Gasteiger partial charge in [-0.1, -0.05) is 42.0 Å². The van der Waals surface area contributed by atoms with Crippen molar-refractivity contribution in [1.29, 1.82) is 0 Å². The van der Waals surface area contributed by atoms with E-state index in [1.165, 1.54) is 15.9 Å². The molecular formula is C20H24ClN5O3S. The molecule has 30 heavy (non-hydrogen) atoms. The minimum Gasteiger partial charge on any atom is -0.492 e. The number of carbonyl (C=O) groups excluding carboxylic acids is 1.